The third-order valence-electron chi connectivity index (χ3n) is 3.79. The second kappa shape index (κ2) is 7.56. The maximum Gasteiger partial charge on any atom is 0.315 e. The van der Waals surface area contributed by atoms with E-state index >= 15 is 0 Å². The number of hydrogen-bond donors (Lipinski definition) is 2. The Labute approximate surface area is 148 Å². The molecule has 0 saturated heterocycles. The largest absolute Gasteiger partial charge is 0.361 e. The number of fused-ring (bicyclic) bond motifs is 1. The van der Waals surface area contributed by atoms with Crippen LogP contribution in [0.15, 0.2) is 47.0 Å². The molecule has 8 heteroatoms. The summed E-state index contributed by atoms with van der Waals surface area (Å²) >= 11 is 0. The van der Waals surface area contributed by atoms with Crippen LogP contribution in [0.5, 0.6) is 0 Å². The number of rotatable bonds is 7. The van der Waals surface area contributed by atoms with E-state index in [9.17, 15) is 14.4 Å². The Morgan fingerprint density at radius 2 is 1.81 bits per heavy atom. The summed E-state index contributed by atoms with van der Waals surface area (Å²) < 4.78 is 4.61. The highest BCUT2D eigenvalue weighted by Gasteiger charge is 2.14. The summed E-state index contributed by atoms with van der Waals surface area (Å²) in [6.45, 7) is -0.0158. The molecule has 2 amide bonds. The molecule has 26 heavy (non-hydrogen) atoms. The number of Topliss-reactive ketones (excluding diaryl/α,β-unsaturated/α-hetero) is 1. The maximum absolute atomic E-state index is 12.4. The quantitative estimate of drug-likeness (QED) is 0.622. The summed E-state index contributed by atoms with van der Waals surface area (Å²) in [6, 6.07) is 13.1. The Hall–Kier alpha value is -3.55. The molecule has 1 aromatic heterocycles. The fourth-order valence-electron chi connectivity index (χ4n) is 2.52. The molecular weight excluding hydrogens is 336 g/mol. The summed E-state index contributed by atoms with van der Waals surface area (Å²) in [5.74, 6) is -1.46. The van der Waals surface area contributed by atoms with Crippen LogP contribution in [-0.2, 0) is 11.3 Å². The van der Waals surface area contributed by atoms with Crippen LogP contribution in [0.4, 0.5) is 0 Å². The first kappa shape index (κ1) is 17.3. The number of primary amides is 1. The normalized spacial score (nSPS) is 10.6. The minimum atomic E-state index is -0.837. The van der Waals surface area contributed by atoms with E-state index in [0.717, 1.165) is 10.8 Å². The van der Waals surface area contributed by atoms with Gasteiger partial charge in [0.15, 0.2) is 11.6 Å². The zero-order valence-electron chi connectivity index (χ0n) is 13.8. The van der Waals surface area contributed by atoms with Crippen LogP contribution in [0.25, 0.3) is 10.8 Å². The van der Waals surface area contributed by atoms with Crippen LogP contribution in [0.3, 0.4) is 0 Å². The first-order valence-corrected chi connectivity index (χ1v) is 7.94. The number of benzene rings is 2. The summed E-state index contributed by atoms with van der Waals surface area (Å²) in [5, 5.41) is 7.93. The molecule has 1 heterocycles. The van der Waals surface area contributed by atoms with Gasteiger partial charge in [0.1, 0.15) is 0 Å². The topological polar surface area (TPSA) is 128 Å². The van der Waals surface area contributed by atoms with Crippen LogP contribution in [-0.4, -0.2) is 27.7 Å². The molecule has 0 fully saturated rings. The SMILES string of the molecule is NC(=O)c1nc(CNC(=O)CCC(=O)c2cccc3ccccc23)no1. The number of nitrogens with zero attached hydrogens (tertiary/aromatic N) is 2. The molecule has 0 aliphatic rings. The number of hydrogen-bond acceptors (Lipinski definition) is 6. The first-order chi connectivity index (χ1) is 12.5. The van der Waals surface area contributed by atoms with E-state index in [1.165, 1.54) is 0 Å². The van der Waals surface area contributed by atoms with Crippen LogP contribution >= 0.6 is 0 Å². The van der Waals surface area contributed by atoms with Crippen molar-refractivity contribution in [3.05, 3.63) is 59.7 Å². The molecule has 8 nitrogen and oxygen atoms in total. The van der Waals surface area contributed by atoms with Crippen LogP contribution < -0.4 is 11.1 Å². The van der Waals surface area contributed by atoms with Gasteiger partial charge >= 0.3 is 11.8 Å². The van der Waals surface area contributed by atoms with Crippen molar-refractivity contribution in [3.8, 4) is 0 Å². The molecule has 3 rings (SSSR count). The fourth-order valence-corrected chi connectivity index (χ4v) is 2.52. The third kappa shape index (κ3) is 3.92. The monoisotopic (exact) mass is 352 g/mol. The number of nitrogens with one attached hydrogen (secondary N) is 1. The molecule has 2 aromatic carbocycles. The van der Waals surface area contributed by atoms with Crippen molar-refractivity contribution in [2.24, 2.45) is 5.73 Å². The average Bonchev–Trinajstić information content (AvgIpc) is 3.13. The molecule has 3 N–H and O–H groups in total. The van der Waals surface area contributed by atoms with Gasteiger partial charge in [0.2, 0.25) is 5.91 Å². The van der Waals surface area contributed by atoms with Crippen molar-refractivity contribution in [3.63, 3.8) is 0 Å². The van der Waals surface area contributed by atoms with Gasteiger partial charge in [0.05, 0.1) is 6.54 Å². The Morgan fingerprint density at radius 3 is 2.58 bits per heavy atom. The van der Waals surface area contributed by atoms with Gasteiger partial charge in [-0.3, -0.25) is 14.4 Å². The molecule has 3 aromatic rings. The molecule has 0 aliphatic heterocycles. The van der Waals surface area contributed by atoms with E-state index in [1.807, 2.05) is 36.4 Å². The van der Waals surface area contributed by atoms with Crippen molar-refractivity contribution in [2.45, 2.75) is 19.4 Å². The zero-order valence-corrected chi connectivity index (χ0v) is 13.8. The van der Waals surface area contributed by atoms with Crippen molar-refractivity contribution in [1.29, 1.82) is 0 Å². The van der Waals surface area contributed by atoms with Crippen molar-refractivity contribution in [1.82, 2.24) is 15.5 Å². The number of amides is 2. The molecule has 0 bridgehead atoms. The minimum Gasteiger partial charge on any atom is -0.361 e. The van der Waals surface area contributed by atoms with Gasteiger partial charge < -0.3 is 15.6 Å². The molecule has 0 spiro atoms. The Bertz CT molecular complexity index is 975. The van der Waals surface area contributed by atoms with E-state index in [1.54, 1.807) is 6.07 Å². The predicted molar refractivity (Wildman–Crippen MR) is 92.2 cm³/mol. The summed E-state index contributed by atoms with van der Waals surface area (Å²) in [7, 11) is 0. The fraction of sp³-hybridized carbons (Fsp3) is 0.167. The van der Waals surface area contributed by atoms with Crippen molar-refractivity contribution in [2.75, 3.05) is 0 Å². The highest BCUT2D eigenvalue weighted by atomic mass is 16.5. The summed E-state index contributed by atoms with van der Waals surface area (Å²) in [6.07, 6.45) is 0.112. The van der Waals surface area contributed by atoms with E-state index in [-0.39, 0.29) is 42.8 Å². The lowest BCUT2D eigenvalue weighted by atomic mass is 9.99. The van der Waals surface area contributed by atoms with Gasteiger partial charge in [0.25, 0.3) is 0 Å². The van der Waals surface area contributed by atoms with Gasteiger partial charge in [-0.05, 0) is 10.8 Å². The molecule has 132 valence electrons. The molecular formula is C18H16N4O4. The van der Waals surface area contributed by atoms with E-state index in [2.05, 4.69) is 20.0 Å². The maximum atomic E-state index is 12.4. The third-order valence-corrected chi connectivity index (χ3v) is 3.79. The van der Waals surface area contributed by atoms with Crippen LogP contribution in [0.2, 0.25) is 0 Å². The Morgan fingerprint density at radius 1 is 1.04 bits per heavy atom. The molecule has 0 radical (unpaired) electrons. The van der Waals surface area contributed by atoms with E-state index in [0.29, 0.717) is 5.56 Å². The molecule has 0 saturated carbocycles. The minimum absolute atomic E-state index is 0.0158. The second-order valence-electron chi connectivity index (χ2n) is 5.61. The first-order valence-electron chi connectivity index (χ1n) is 7.94. The number of ketones is 1. The number of aromatic nitrogens is 2. The van der Waals surface area contributed by atoms with Crippen LogP contribution in [0.1, 0.15) is 39.7 Å². The van der Waals surface area contributed by atoms with E-state index < -0.39 is 5.91 Å². The number of carbonyl (C=O) groups excluding carboxylic acids is 3. The van der Waals surface area contributed by atoms with Gasteiger partial charge in [-0.2, -0.15) is 4.98 Å². The lowest BCUT2D eigenvalue weighted by Gasteiger charge is -2.06. The highest BCUT2D eigenvalue weighted by Crippen LogP contribution is 2.20. The van der Waals surface area contributed by atoms with Gasteiger partial charge in [0, 0.05) is 18.4 Å². The van der Waals surface area contributed by atoms with Gasteiger partial charge in [-0.25, -0.2) is 0 Å². The number of carbonyl (C=O) groups is 3. The lowest BCUT2D eigenvalue weighted by Crippen LogP contribution is -2.24. The van der Waals surface area contributed by atoms with Crippen molar-refractivity contribution >= 4 is 28.4 Å². The zero-order chi connectivity index (χ0) is 18.5. The standard InChI is InChI=1S/C18H16N4O4/c19-17(25)18-21-15(22-26-18)10-20-16(24)9-8-14(23)13-7-3-5-11-4-1-2-6-12(11)13/h1-7H,8-10H2,(H2,19,25)(H,20,24). The lowest BCUT2D eigenvalue weighted by molar-refractivity contribution is -0.121. The summed E-state index contributed by atoms with van der Waals surface area (Å²) in [5.41, 5.74) is 5.60. The highest BCUT2D eigenvalue weighted by molar-refractivity contribution is 6.08. The molecule has 0 unspecified atom stereocenters. The van der Waals surface area contributed by atoms with E-state index in [4.69, 9.17) is 5.73 Å². The Balaban J connectivity index is 1.55. The molecule has 0 aliphatic carbocycles. The summed E-state index contributed by atoms with van der Waals surface area (Å²) in [4.78, 5) is 38.9. The number of nitrogens with two attached hydrogens (primary N) is 1. The van der Waals surface area contributed by atoms with Crippen LogP contribution in [0, 0.1) is 0 Å². The average molecular weight is 352 g/mol. The van der Waals surface area contributed by atoms with Crippen molar-refractivity contribution < 1.29 is 18.9 Å². The smallest absolute Gasteiger partial charge is 0.315 e. The molecule has 0 atom stereocenters. The predicted octanol–water partition coefficient (Wildman–Crippen LogP) is 1.60. The Kier molecular flexibility index (Phi) is 5.02. The van der Waals surface area contributed by atoms with Gasteiger partial charge in [-0.1, -0.05) is 47.6 Å². The second-order valence-corrected chi connectivity index (χ2v) is 5.61. The van der Waals surface area contributed by atoms with Gasteiger partial charge in [-0.15, -0.1) is 0 Å².